The maximum atomic E-state index is 11.7. The summed E-state index contributed by atoms with van der Waals surface area (Å²) >= 11 is 0. The fourth-order valence-corrected chi connectivity index (χ4v) is 3.04. The molecule has 2 aromatic rings. The van der Waals surface area contributed by atoms with Crippen LogP contribution in [0.25, 0.3) is 0 Å². The molecule has 0 aromatic heterocycles. The number of aliphatic hydroxyl groups excluding tert-OH is 1. The molecule has 32 heavy (non-hydrogen) atoms. The molecular formula is C26H37NO5. The molecule has 6 nitrogen and oxygen atoms in total. The first-order valence-electron chi connectivity index (χ1n) is 11.3. The minimum Gasteiger partial charge on any atom is -0.494 e. The second-order valence-electron chi connectivity index (χ2n) is 8.75. The SMILES string of the molecule is CC(C)(C)OC(=O)NCCC(O)c1cccc(OCCCCCOCc2ccccc2)c1. The quantitative estimate of drug-likeness (QED) is 0.405. The predicted molar refractivity (Wildman–Crippen MR) is 126 cm³/mol. The van der Waals surface area contributed by atoms with Crippen molar-refractivity contribution in [3.05, 3.63) is 65.7 Å². The van der Waals surface area contributed by atoms with Gasteiger partial charge >= 0.3 is 6.09 Å². The van der Waals surface area contributed by atoms with Gasteiger partial charge in [-0.3, -0.25) is 0 Å². The molecule has 6 heteroatoms. The summed E-state index contributed by atoms with van der Waals surface area (Å²) in [6.45, 7) is 7.78. The van der Waals surface area contributed by atoms with Crippen LogP contribution in [0.1, 0.15) is 63.7 Å². The number of amides is 1. The van der Waals surface area contributed by atoms with Gasteiger partial charge in [0.2, 0.25) is 0 Å². The van der Waals surface area contributed by atoms with Crippen LogP contribution in [0, 0.1) is 0 Å². The average molecular weight is 444 g/mol. The van der Waals surface area contributed by atoms with Crippen LogP contribution < -0.4 is 10.1 Å². The van der Waals surface area contributed by atoms with Gasteiger partial charge in [0.25, 0.3) is 0 Å². The lowest BCUT2D eigenvalue weighted by Crippen LogP contribution is -2.33. The van der Waals surface area contributed by atoms with Gasteiger partial charge in [-0.2, -0.15) is 0 Å². The third-order valence-electron chi connectivity index (χ3n) is 4.64. The highest BCUT2D eigenvalue weighted by molar-refractivity contribution is 5.67. The fourth-order valence-electron chi connectivity index (χ4n) is 3.04. The third-order valence-corrected chi connectivity index (χ3v) is 4.64. The Kier molecular flexibility index (Phi) is 11.0. The van der Waals surface area contributed by atoms with E-state index in [1.54, 1.807) is 0 Å². The Morgan fingerprint density at radius 3 is 2.50 bits per heavy atom. The van der Waals surface area contributed by atoms with Crippen LogP contribution in [-0.2, 0) is 16.1 Å². The van der Waals surface area contributed by atoms with E-state index in [4.69, 9.17) is 14.2 Å². The predicted octanol–water partition coefficient (Wildman–Crippen LogP) is 5.40. The van der Waals surface area contributed by atoms with Crippen LogP contribution in [0.3, 0.4) is 0 Å². The van der Waals surface area contributed by atoms with Gasteiger partial charge in [0.15, 0.2) is 0 Å². The zero-order valence-corrected chi connectivity index (χ0v) is 19.5. The molecule has 0 spiro atoms. The van der Waals surface area contributed by atoms with Gasteiger partial charge in [0.05, 0.1) is 19.3 Å². The van der Waals surface area contributed by atoms with Crippen LogP contribution in [0.15, 0.2) is 54.6 Å². The van der Waals surface area contributed by atoms with Crippen molar-refractivity contribution in [1.29, 1.82) is 0 Å². The maximum absolute atomic E-state index is 11.7. The van der Waals surface area contributed by atoms with E-state index < -0.39 is 17.8 Å². The van der Waals surface area contributed by atoms with Crippen molar-refractivity contribution in [3.8, 4) is 5.75 Å². The molecule has 0 fully saturated rings. The summed E-state index contributed by atoms with van der Waals surface area (Å²) < 4.78 is 16.7. The Labute approximate surface area is 191 Å². The number of ether oxygens (including phenoxy) is 3. The molecule has 176 valence electrons. The van der Waals surface area contributed by atoms with E-state index in [1.807, 2.05) is 63.2 Å². The normalized spacial score (nSPS) is 12.2. The molecule has 0 aliphatic rings. The summed E-state index contributed by atoms with van der Waals surface area (Å²) in [5.74, 6) is 0.738. The first kappa shape index (κ1) is 25.7. The van der Waals surface area contributed by atoms with E-state index in [9.17, 15) is 9.90 Å². The first-order valence-corrected chi connectivity index (χ1v) is 11.3. The van der Waals surface area contributed by atoms with E-state index in [0.29, 0.717) is 26.2 Å². The molecule has 0 heterocycles. The highest BCUT2D eigenvalue weighted by Crippen LogP contribution is 2.21. The largest absolute Gasteiger partial charge is 0.494 e. The Morgan fingerprint density at radius 2 is 1.75 bits per heavy atom. The van der Waals surface area contributed by atoms with Gasteiger partial charge in [0, 0.05) is 13.2 Å². The van der Waals surface area contributed by atoms with Crippen LogP contribution >= 0.6 is 0 Å². The standard InChI is InChI=1S/C26H37NO5/c1-26(2,3)32-25(29)27-16-15-24(28)22-13-10-14-23(19-22)31-18-9-5-8-17-30-20-21-11-6-4-7-12-21/h4,6-7,10-14,19,24,28H,5,8-9,15-18,20H2,1-3H3,(H,27,29). The number of carbonyl (C=O) groups excluding carboxylic acids is 1. The second-order valence-corrected chi connectivity index (χ2v) is 8.75. The lowest BCUT2D eigenvalue weighted by Gasteiger charge is -2.20. The summed E-state index contributed by atoms with van der Waals surface area (Å²) in [6.07, 6.45) is 2.21. The summed E-state index contributed by atoms with van der Waals surface area (Å²) in [4.78, 5) is 11.7. The minimum atomic E-state index is -0.685. The second kappa shape index (κ2) is 13.8. The van der Waals surface area contributed by atoms with Crippen molar-refractivity contribution in [2.75, 3.05) is 19.8 Å². The van der Waals surface area contributed by atoms with Gasteiger partial charge in [-0.25, -0.2) is 4.79 Å². The van der Waals surface area contributed by atoms with Gasteiger partial charge in [-0.05, 0) is 69.7 Å². The average Bonchev–Trinajstić information content (AvgIpc) is 2.75. The van der Waals surface area contributed by atoms with Crippen molar-refractivity contribution in [1.82, 2.24) is 5.32 Å². The van der Waals surface area contributed by atoms with Crippen molar-refractivity contribution in [2.45, 2.75) is 64.8 Å². The molecule has 0 saturated heterocycles. The molecule has 0 aliphatic carbocycles. The number of rotatable bonds is 13. The smallest absolute Gasteiger partial charge is 0.407 e. The monoisotopic (exact) mass is 443 g/mol. The summed E-state index contributed by atoms with van der Waals surface area (Å²) in [5.41, 5.74) is 1.42. The number of unbranched alkanes of at least 4 members (excludes halogenated alkanes) is 2. The zero-order chi connectivity index (χ0) is 23.2. The minimum absolute atomic E-state index is 0.327. The van der Waals surface area contributed by atoms with E-state index >= 15 is 0 Å². The van der Waals surface area contributed by atoms with E-state index in [-0.39, 0.29) is 0 Å². The Balaban J connectivity index is 1.58. The molecule has 2 N–H and O–H groups in total. The molecule has 0 radical (unpaired) electrons. The van der Waals surface area contributed by atoms with Crippen LogP contribution in [0.2, 0.25) is 0 Å². The lowest BCUT2D eigenvalue weighted by atomic mass is 10.1. The molecule has 1 amide bonds. The summed E-state index contributed by atoms with van der Waals surface area (Å²) in [5, 5.41) is 13.1. The zero-order valence-electron chi connectivity index (χ0n) is 19.5. The number of carbonyl (C=O) groups is 1. The number of benzene rings is 2. The third kappa shape index (κ3) is 11.2. The van der Waals surface area contributed by atoms with Crippen LogP contribution in [-0.4, -0.2) is 36.6 Å². The van der Waals surface area contributed by atoms with Crippen LogP contribution in [0.5, 0.6) is 5.75 Å². The molecule has 0 aliphatic heterocycles. The lowest BCUT2D eigenvalue weighted by molar-refractivity contribution is 0.0518. The fraction of sp³-hybridized carbons (Fsp3) is 0.500. The maximum Gasteiger partial charge on any atom is 0.407 e. The summed E-state index contributed by atoms with van der Waals surface area (Å²) in [6, 6.07) is 17.6. The van der Waals surface area contributed by atoms with Gasteiger partial charge in [0.1, 0.15) is 11.4 Å². The Bertz CT molecular complexity index is 788. The Hall–Kier alpha value is -2.57. The molecule has 0 saturated carbocycles. The molecule has 0 bridgehead atoms. The number of aliphatic hydroxyl groups is 1. The molecular weight excluding hydrogens is 406 g/mol. The van der Waals surface area contributed by atoms with Crippen molar-refractivity contribution < 1.29 is 24.1 Å². The number of alkyl carbamates (subject to hydrolysis) is 1. The molecule has 1 unspecified atom stereocenters. The van der Waals surface area contributed by atoms with Gasteiger partial charge in [-0.15, -0.1) is 0 Å². The number of hydrogen-bond acceptors (Lipinski definition) is 5. The topological polar surface area (TPSA) is 77.0 Å². The van der Waals surface area contributed by atoms with Crippen molar-refractivity contribution >= 4 is 6.09 Å². The van der Waals surface area contributed by atoms with E-state index in [0.717, 1.165) is 37.2 Å². The Morgan fingerprint density at radius 1 is 1.00 bits per heavy atom. The van der Waals surface area contributed by atoms with E-state index in [2.05, 4.69) is 17.4 Å². The summed E-state index contributed by atoms with van der Waals surface area (Å²) in [7, 11) is 0. The van der Waals surface area contributed by atoms with Crippen LogP contribution in [0.4, 0.5) is 4.79 Å². The van der Waals surface area contributed by atoms with Crippen molar-refractivity contribution in [3.63, 3.8) is 0 Å². The number of hydrogen-bond donors (Lipinski definition) is 2. The van der Waals surface area contributed by atoms with Crippen molar-refractivity contribution in [2.24, 2.45) is 0 Å². The van der Waals surface area contributed by atoms with E-state index in [1.165, 1.54) is 5.56 Å². The molecule has 1 atom stereocenters. The number of nitrogens with one attached hydrogen (secondary N) is 1. The molecule has 2 rings (SSSR count). The first-order chi connectivity index (χ1) is 15.3. The highest BCUT2D eigenvalue weighted by Gasteiger charge is 2.16. The molecule has 2 aromatic carbocycles. The highest BCUT2D eigenvalue weighted by atomic mass is 16.6. The van der Waals surface area contributed by atoms with Gasteiger partial charge in [-0.1, -0.05) is 42.5 Å². The van der Waals surface area contributed by atoms with Gasteiger partial charge < -0.3 is 24.6 Å².